The van der Waals surface area contributed by atoms with Gasteiger partial charge in [-0.2, -0.15) is 0 Å². The third-order valence-electron chi connectivity index (χ3n) is 2.08. The van der Waals surface area contributed by atoms with Crippen LogP contribution in [0.25, 0.3) is 0 Å². The lowest BCUT2D eigenvalue weighted by Crippen LogP contribution is -2.41. The maximum atomic E-state index is 9.41. The molecule has 0 bridgehead atoms. The predicted molar refractivity (Wildman–Crippen MR) is 58.2 cm³/mol. The van der Waals surface area contributed by atoms with Gasteiger partial charge in [-0.05, 0) is 36.6 Å². The maximum absolute atomic E-state index is 9.41. The van der Waals surface area contributed by atoms with Crippen molar-refractivity contribution in [2.24, 2.45) is 5.73 Å². The number of nitrogens with two attached hydrogens (primary N) is 2. The van der Waals surface area contributed by atoms with E-state index in [1.54, 1.807) is 6.07 Å². The Balaban J connectivity index is 0.000000461. The molecule has 1 aliphatic heterocycles. The smallest absolute Gasteiger partial charge is 0.423 e. The van der Waals surface area contributed by atoms with Gasteiger partial charge in [0.25, 0.3) is 0 Å². The van der Waals surface area contributed by atoms with Gasteiger partial charge in [0.15, 0.2) is 0 Å². The van der Waals surface area contributed by atoms with Crippen LogP contribution in [0.3, 0.4) is 0 Å². The van der Waals surface area contributed by atoms with Gasteiger partial charge >= 0.3 is 7.12 Å². The Morgan fingerprint density at radius 2 is 2.14 bits per heavy atom. The van der Waals surface area contributed by atoms with E-state index in [9.17, 15) is 5.02 Å². The van der Waals surface area contributed by atoms with E-state index >= 15 is 0 Å². The number of hydrogen-bond donors (Lipinski definition) is 3. The van der Waals surface area contributed by atoms with Crippen molar-refractivity contribution in [2.45, 2.75) is 6.42 Å². The molecule has 5 N–H and O–H groups in total. The predicted octanol–water partition coefficient (Wildman–Crippen LogP) is -0.896. The van der Waals surface area contributed by atoms with Crippen LogP contribution in [0.5, 0.6) is 0 Å². The van der Waals surface area contributed by atoms with Crippen LogP contribution in [0.1, 0.15) is 5.56 Å². The molecule has 14 heavy (non-hydrogen) atoms. The first-order valence-corrected chi connectivity index (χ1v) is 4.53. The van der Waals surface area contributed by atoms with Crippen LogP contribution in [-0.4, -0.2) is 25.8 Å². The lowest BCUT2D eigenvalue weighted by Gasteiger charge is -2.18. The van der Waals surface area contributed by atoms with Crippen molar-refractivity contribution in [1.82, 2.24) is 0 Å². The summed E-state index contributed by atoms with van der Waals surface area (Å²) in [6.45, 7) is 0.581. The van der Waals surface area contributed by atoms with E-state index < -0.39 is 7.12 Å². The number of benzene rings is 1. The minimum atomic E-state index is -0.794. The van der Waals surface area contributed by atoms with Crippen molar-refractivity contribution < 1.29 is 9.68 Å². The molecule has 1 aromatic carbocycles. The second-order valence-electron chi connectivity index (χ2n) is 2.93. The summed E-state index contributed by atoms with van der Waals surface area (Å²) in [6.07, 6.45) is 0.854. The first-order valence-electron chi connectivity index (χ1n) is 4.53. The molecule has 1 aliphatic rings. The van der Waals surface area contributed by atoms with Crippen LogP contribution in [-0.2, 0) is 11.1 Å². The molecule has 5 heteroatoms. The molecule has 0 amide bonds. The van der Waals surface area contributed by atoms with Gasteiger partial charge in [-0.1, -0.05) is 6.07 Å². The zero-order valence-corrected chi connectivity index (χ0v) is 8.23. The minimum absolute atomic E-state index is 0.581. The molecule has 76 valence electrons. The van der Waals surface area contributed by atoms with Crippen LogP contribution < -0.4 is 16.9 Å². The fraction of sp³-hybridized carbons (Fsp3) is 0.333. The van der Waals surface area contributed by atoms with Crippen LogP contribution in [0, 0.1) is 0 Å². The maximum Gasteiger partial charge on any atom is 0.491 e. The molecule has 4 nitrogen and oxygen atoms in total. The van der Waals surface area contributed by atoms with Crippen molar-refractivity contribution >= 4 is 18.3 Å². The fourth-order valence-corrected chi connectivity index (χ4v) is 1.44. The van der Waals surface area contributed by atoms with Crippen LogP contribution in [0.4, 0.5) is 5.69 Å². The van der Waals surface area contributed by atoms with Gasteiger partial charge in [0, 0.05) is 12.3 Å². The van der Waals surface area contributed by atoms with Gasteiger partial charge in [0.1, 0.15) is 0 Å². The average Bonchev–Trinajstić information content (AvgIpc) is 2.22. The van der Waals surface area contributed by atoms with E-state index in [2.05, 4.69) is 5.73 Å². The summed E-state index contributed by atoms with van der Waals surface area (Å²) in [6, 6.07) is 5.55. The number of nitrogen functional groups attached to an aromatic ring is 1. The number of rotatable bonds is 0. The molecular weight excluding hydrogens is 179 g/mol. The monoisotopic (exact) mass is 194 g/mol. The van der Waals surface area contributed by atoms with E-state index in [0.29, 0.717) is 12.3 Å². The molecule has 1 heterocycles. The molecular formula is C9H15BN2O2. The Morgan fingerprint density at radius 1 is 1.43 bits per heavy atom. The van der Waals surface area contributed by atoms with Crippen molar-refractivity contribution in [3.05, 3.63) is 23.8 Å². The van der Waals surface area contributed by atoms with Gasteiger partial charge in [0.2, 0.25) is 0 Å². The minimum Gasteiger partial charge on any atom is -0.423 e. The van der Waals surface area contributed by atoms with E-state index in [4.69, 9.17) is 10.4 Å². The van der Waals surface area contributed by atoms with Gasteiger partial charge in [-0.25, -0.2) is 0 Å². The molecule has 1 aromatic rings. The summed E-state index contributed by atoms with van der Waals surface area (Å²) >= 11 is 0. The Morgan fingerprint density at radius 3 is 2.86 bits per heavy atom. The number of hydrogen-bond acceptors (Lipinski definition) is 4. The molecule has 0 unspecified atom stereocenters. The third kappa shape index (κ3) is 2.26. The second-order valence-corrected chi connectivity index (χ2v) is 2.93. The first kappa shape index (κ1) is 11.0. The topological polar surface area (TPSA) is 81.5 Å². The second kappa shape index (κ2) is 5.00. The Bertz CT molecular complexity index is 307. The summed E-state index contributed by atoms with van der Waals surface area (Å²) in [5.74, 6) is 0. The van der Waals surface area contributed by atoms with E-state index in [1.165, 1.54) is 7.05 Å². The van der Waals surface area contributed by atoms with Crippen molar-refractivity contribution in [3.63, 3.8) is 0 Å². The summed E-state index contributed by atoms with van der Waals surface area (Å²) in [7, 11) is 0.706. The SMILES string of the molecule is CN.Nc1ccc2c(c1)B(O)OCC2. The normalized spacial score (nSPS) is 14.1. The van der Waals surface area contributed by atoms with Gasteiger partial charge in [-0.15, -0.1) is 0 Å². The third-order valence-corrected chi connectivity index (χ3v) is 2.08. The molecule has 0 fully saturated rings. The van der Waals surface area contributed by atoms with Crippen molar-refractivity contribution in [1.29, 1.82) is 0 Å². The summed E-state index contributed by atoms with van der Waals surface area (Å²) in [4.78, 5) is 0. The van der Waals surface area contributed by atoms with Gasteiger partial charge < -0.3 is 21.1 Å². The highest BCUT2D eigenvalue weighted by atomic mass is 16.5. The lowest BCUT2D eigenvalue weighted by atomic mass is 9.73. The molecule has 0 saturated carbocycles. The van der Waals surface area contributed by atoms with E-state index in [0.717, 1.165) is 17.4 Å². The van der Waals surface area contributed by atoms with E-state index in [1.807, 2.05) is 12.1 Å². The molecule has 0 radical (unpaired) electrons. The Kier molecular flexibility index (Phi) is 3.94. The molecule has 0 spiro atoms. The standard InChI is InChI=1S/C8H10BNO2.CH5N/c10-7-2-1-6-3-4-12-9(11)8(6)5-7;1-2/h1-2,5,11H,3-4,10H2;2H2,1H3. The summed E-state index contributed by atoms with van der Waals surface area (Å²) in [5, 5.41) is 9.41. The number of fused-ring (bicyclic) bond motifs is 1. The van der Waals surface area contributed by atoms with Crippen LogP contribution in [0.2, 0.25) is 0 Å². The highest BCUT2D eigenvalue weighted by Gasteiger charge is 2.24. The van der Waals surface area contributed by atoms with Crippen LogP contribution in [0.15, 0.2) is 18.2 Å². The van der Waals surface area contributed by atoms with Crippen molar-refractivity contribution in [2.75, 3.05) is 19.4 Å². The van der Waals surface area contributed by atoms with E-state index in [-0.39, 0.29) is 0 Å². The number of anilines is 1. The molecule has 0 aliphatic carbocycles. The quantitative estimate of drug-likeness (QED) is 0.369. The molecule has 0 atom stereocenters. The summed E-state index contributed by atoms with van der Waals surface area (Å²) < 4.78 is 5.06. The Labute approximate surface area is 84.0 Å². The molecule has 2 rings (SSSR count). The van der Waals surface area contributed by atoms with Crippen LogP contribution >= 0.6 is 0 Å². The zero-order chi connectivity index (χ0) is 10.6. The van der Waals surface area contributed by atoms with Gasteiger partial charge in [0.05, 0.1) is 0 Å². The largest absolute Gasteiger partial charge is 0.491 e. The zero-order valence-electron chi connectivity index (χ0n) is 8.23. The van der Waals surface area contributed by atoms with Crippen molar-refractivity contribution in [3.8, 4) is 0 Å². The molecule has 0 aromatic heterocycles. The van der Waals surface area contributed by atoms with Gasteiger partial charge in [-0.3, -0.25) is 0 Å². The fourth-order valence-electron chi connectivity index (χ4n) is 1.44. The highest BCUT2D eigenvalue weighted by molar-refractivity contribution is 6.61. The molecule has 0 saturated heterocycles. The Hall–Kier alpha value is -1.04. The summed E-state index contributed by atoms with van der Waals surface area (Å²) in [5.41, 5.74) is 12.7. The first-order chi connectivity index (χ1) is 6.77. The lowest BCUT2D eigenvalue weighted by molar-refractivity contribution is 0.266. The average molecular weight is 194 g/mol. The highest BCUT2D eigenvalue weighted by Crippen LogP contribution is 2.09.